The first-order chi connectivity index (χ1) is 14.2. The molecule has 0 bridgehead atoms. The molecule has 0 radical (unpaired) electrons. The molecule has 2 amide bonds. The Hall–Kier alpha value is -1.47. The van der Waals surface area contributed by atoms with Gasteiger partial charge in [0.1, 0.15) is 5.78 Å². The van der Waals surface area contributed by atoms with Gasteiger partial charge in [0.25, 0.3) is 0 Å². The highest BCUT2D eigenvalue weighted by Gasteiger charge is 2.35. The molecule has 1 saturated heterocycles. The number of likely N-dealkylation sites (tertiary alicyclic amines) is 1. The van der Waals surface area contributed by atoms with Crippen LogP contribution in [-0.4, -0.2) is 68.1 Å². The van der Waals surface area contributed by atoms with E-state index in [-0.39, 0.29) is 47.5 Å². The minimum absolute atomic E-state index is 0.0282. The van der Waals surface area contributed by atoms with Crippen molar-refractivity contribution in [1.82, 2.24) is 10.2 Å². The highest BCUT2D eigenvalue weighted by atomic mass is 16.5. The minimum atomic E-state index is -0.100. The van der Waals surface area contributed by atoms with Gasteiger partial charge in [0.15, 0.2) is 0 Å². The van der Waals surface area contributed by atoms with E-state index in [0.29, 0.717) is 45.6 Å². The minimum Gasteiger partial charge on any atom is -0.380 e. The van der Waals surface area contributed by atoms with Crippen molar-refractivity contribution in [2.24, 2.45) is 17.8 Å². The molecule has 1 heterocycles. The van der Waals surface area contributed by atoms with Gasteiger partial charge >= 0.3 is 0 Å². The van der Waals surface area contributed by atoms with E-state index in [0.717, 1.165) is 12.8 Å². The Morgan fingerprint density at radius 2 is 1.87 bits per heavy atom. The first kappa shape index (κ1) is 26.6. The number of amides is 2. The lowest BCUT2D eigenvalue weighted by molar-refractivity contribution is -0.133. The second-order valence-electron chi connectivity index (χ2n) is 8.69. The molecule has 5 atom stereocenters. The van der Waals surface area contributed by atoms with Crippen molar-refractivity contribution in [1.29, 1.82) is 0 Å². The summed E-state index contributed by atoms with van der Waals surface area (Å²) < 4.78 is 11.0. The van der Waals surface area contributed by atoms with Crippen LogP contribution in [0.2, 0.25) is 0 Å². The maximum Gasteiger partial charge on any atom is 0.222 e. The fourth-order valence-corrected chi connectivity index (χ4v) is 3.85. The Labute approximate surface area is 182 Å². The van der Waals surface area contributed by atoms with Crippen molar-refractivity contribution in [2.75, 3.05) is 33.4 Å². The van der Waals surface area contributed by atoms with Crippen molar-refractivity contribution >= 4 is 17.6 Å². The Morgan fingerprint density at radius 3 is 2.47 bits per heavy atom. The van der Waals surface area contributed by atoms with E-state index < -0.39 is 0 Å². The Kier molecular flexibility index (Phi) is 12.2. The summed E-state index contributed by atoms with van der Waals surface area (Å²) in [4.78, 5) is 38.6. The van der Waals surface area contributed by atoms with E-state index in [1.807, 2.05) is 39.5 Å². The Bertz CT molecular complexity index is 554. The van der Waals surface area contributed by atoms with E-state index in [1.165, 1.54) is 0 Å². The second kappa shape index (κ2) is 13.8. The van der Waals surface area contributed by atoms with Crippen LogP contribution >= 0.6 is 0 Å². The summed E-state index contributed by atoms with van der Waals surface area (Å²) in [6.07, 6.45) is 2.91. The fourth-order valence-electron chi connectivity index (χ4n) is 3.85. The van der Waals surface area contributed by atoms with Gasteiger partial charge in [0.2, 0.25) is 11.8 Å². The summed E-state index contributed by atoms with van der Waals surface area (Å²) in [5.74, 6) is 0.419. The number of nitrogens with zero attached hydrogens (tertiary/aromatic N) is 1. The van der Waals surface area contributed by atoms with Crippen LogP contribution in [-0.2, 0) is 23.9 Å². The van der Waals surface area contributed by atoms with Gasteiger partial charge in [-0.05, 0) is 31.6 Å². The molecule has 0 saturated carbocycles. The van der Waals surface area contributed by atoms with Gasteiger partial charge in [0, 0.05) is 52.0 Å². The van der Waals surface area contributed by atoms with Gasteiger partial charge in [-0.15, -0.1) is 0 Å². The smallest absolute Gasteiger partial charge is 0.222 e. The number of hydrogen-bond acceptors (Lipinski definition) is 5. The topological polar surface area (TPSA) is 84.9 Å². The third kappa shape index (κ3) is 8.72. The monoisotopic (exact) mass is 426 g/mol. The lowest BCUT2D eigenvalue weighted by atomic mass is 9.88. The number of carbonyl (C=O) groups excluding carboxylic acids is 3. The van der Waals surface area contributed by atoms with Gasteiger partial charge in [0.05, 0.1) is 18.8 Å². The lowest BCUT2D eigenvalue weighted by Crippen LogP contribution is -2.39. The summed E-state index contributed by atoms with van der Waals surface area (Å²) in [5, 5.41) is 2.96. The van der Waals surface area contributed by atoms with Crippen molar-refractivity contribution < 1.29 is 23.9 Å². The van der Waals surface area contributed by atoms with E-state index in [2.05, 4.69) is 5.32 Å². The molecule has 0 aliphatic carbocycles. The first-order valence-corrected chi connectivity index (χ1v) is 11.4. The predicted molar refractivity (Wildman–Crippen MR) is 117 cm³/mol. The number of rotatable bonds is 14. The zero-order chi connectivity index (χ0) is 22.7. The van der Waals surface area contributed by atoms with Gasteiger partial charge in [-0.1, -0.05) is 27.7 Å². The maximum atomic E-state index is 12.7. The molecule has 1 fully saturated rings. The normalized spacial score (nSPS) is 21.9. The number of carbonyl (C=O) groups is 3. The quantitative estimate of drug-likeness (QED) is 0.462. The molecule has 1 N–H and O–H groups in total. The summed E-state index contributed by atoms with van der Waals surface area (Å²) in [5.41, 5.74) is 0. The van der Waals surface area contributed by atoms with Crippen LogP contribution in [0.4, 0.5) is 0 Å². The van der Waals surface area contributed by atoms with Crippen molar-refractivity contribution in [3.8, 4) is 0 Å². The molecule has 1 aliphatic rings. The molecule has 3 unspecified atom stereocenters. The zero-order valence-corrected chi connectivity index (χ0v) is 19.7. The molecule has 1 aliphatic heterocycles. The van der Waals surface area contributed by atoms with E-state index >= 15 is 0 Å². The first-order valence-electron chi connectivity index (χ1n) is 11.4. The molecule has 7 nitrogen and oxygen atoms in total. The molecule has 7 heteroatoms. The van der Waals surface area contributed by atoms with Crippen LogP contribution in [0, 0.1) is 17.8 Å². The third-order valence-corrected chi connectivity index (χ3v) is 6.26. The highest BCUT2D eigenvalue weighted by Crippen LogP contribution is 2.22. The number of hydrogen-bond donors (Lipinski definition) is 1. The fraction of sp³-hybridized carbons (Fsp3) is 0.870. The van der Waals surface area contributed by atoms with Crippen LogP contribution in [0.1, 0.15) is 66.7 Å². The van der Waals surface area contributed by atoms with Gasteiger partial charge in [-0.3, -0.25) is 14.4 Å². The van der Waals surface area contributed by atoms with Crippen molar-refractivity contribution in [2.45, 2.75) is 78.9 Å². The van der Waals surface area contributed by atoms with E-state index in [4.69, 9.17) is 9.47 Å². The number of Topliss-reactive ketones (excluding diaryl/α,β-unsaturated/α-hetero) is 1. The molecule has 174 valence electrons. The molecular formula is C23H42N2O5. The second-order valence-corrected chi connectivity index (χ2v) is 8.69. The summed E-state index contributed by atoms with van der Waals surface area (Å²) in [6, 6.07) is 0.0757. The van der Waals surface area contributed by atoms with E-state index in [1.54, 1.807) is 7.11 Å². The van der Waals surface area contributed by atoms with Crippen LogP contribution in [0.15, 0.2) is 0 Å². The molecular weight excluding hydrogens is 384 g/mol. The summed E-state index contributed by atoms with van der Waals surface area (Å²) in [7, 11) is 1.68. The standard InChI is InChI=1S/C23H42N2O5/c1-7-21(26)18(5)17(4)11-22(27)24-13-16(3)9-10-23(28)25-14-20(29-6)12-19(25)15-30-8-2/h16-20H,7-15H2,1-6H3,(H,24,27)/t16?,17?,18?,19-,20+/m0/s1. The summed E-state index contributed by atoms with van der Waals surface area (Å²) in [6.45, 7) is 12.0. The molecule has 0 aromatic carbocycles. The molecule has 0 spiro atoms. The number of ether oxygens (including phenoxy) is 2. The largest absolute Gasteiger partial charge is 0.380 e. The molecule has 0 aromatic heterocycles. The van der Waals surface area contributed by atoms with Crippen LogP contribution in [0.5, 0.6) is 0 Å². The van der Waals surface area contributed by atoms with Crippen molar-refractivity contribution in [3.63, 3.8) is 0 Å². The number of methoxy groups -OCH3 is 1. The lowest BCUT2D eigenvalue weighted by Gasteiger charge is -2.25. The molecule has 1 rings (SSSR count). The number of ketones is 1. The average molecular weight is 427 g/mol. The van der Waals surface area contributed by atoms with Crippen LogP contribution in [0.3, 0.4) is 0 Å². The molecule has 0 aromatic rings. The van der Waals surface area contributed by atoms with E-state index in [9.17, 15) is 14.4 Å². The highest BCUT2D eigenvalue weighted by molar-refractivity contribution is 5.82. The van der Waals surface area contributed by atoms with Crippen molar-refractivity contribution in [3.05, 3.63) is 0 Å². The van der Waals surface area contributed by atoms with Gasteiger partial charge < -0.3 is 19.7 Å². The summed E-state index contributed by atoms with van der Waals surface area (Å²) >= 11 is 0. The van der Waals surface area contributed by atoms with Crippen LogP contribution in [0.25, 0.3) is 0 Å². The predicted octanol–water partition coefficient (Wildman–Crippen LogP) is 2.81. The number of nitrogens with one attached hydrogen (secondary N) is 1. The van der Waals surface area contributed by atoms with Crippen LogP contribution < -0.4 is 5.32 Å². The Morgan fingerprint density at radius 1 is 1.17 bits per heavy atom. The third-order valence-electron chi connectivity index (χ3n) is 6.26. The van der Waals surface area contributed by atoms with Gasteiger partial charge in [-0.2, -0.15) is 0 Å². The Balaban J connectivity index is 2.37. The SMILES string of the molecule is CCOC[C@@H]1C[C@@H](OC)CN1C(=O)CCC(C)CNC(=O)CC(C)C(C)C(=O)CC. The average Bonchev–Trinajstić information content (AvgIpc) is 3.16. The maximum absolute atomic E-state index is 12.7. The zero-order valence-electron chi connectivity index (χ0n) is 19.7. The van der Waals surface area contributed by atoms with Gasteiger partial charge in [-0.25, -0.2) is 0 Å². The molecule has 30 heavy (non-hydrogen) atoms.